The van der Waals surface area contributed by atoms with Gasteiger partial charge < -0.3 is 24.5 Å². The number of hydrogen-bond acceptors (Lipinski definition) is 5. The van der Waals surface area contributed by atoms with Gasteiger partial charge in [0.15, 0.2) is 5.96 Å². The van der Waals surface area contributed by atoms with E-state index in [1.807, 2.05) is 13.8 Å². The summed E-state index contributed by atoms with van der Waals surface area (Å²) in [7, 11) is 1.75. The van der Waals surface area contributed by atoms with Crippen molar-refractivity contribution in [2.75, 3.05) is 20.3 Å². The number of aromatic nitrogens is 1. The lowest BCUT2D eigenvalue weighted by Gasteiger charge is -2.22. The highest BCUT2D eigenvalue weighted by Crippen LogP contribution is 2.14. The van der Waals surface area contributed by atoms with Crippen LogP contribution in [0.1, 0.15) is 41.3 Å². The molecular formula is C21H30N4O3. The quantitative estimate of drug-likeness (QED) is 0.563. The zero-order chi connectivity index (χ0) is 19.8. The van der Waals surface area contributed by atoms with Crippen LogP contribution in [-0.2, 0) is 29.2 Å². The highest BCUT2D eigenvalue weighted by atomic mass is 16.5. The summed E-state index contributed by atoms with van der Waals surface area (Å²) < 4.78 is 16.9. The smallest absolute Gasteiger partial charge is 0.214 e. The van der Waals surface area contributed by atoms with E-state index in [2.05, 4.69) is 44.9 Å². The van der Waals surface area contributed by atoms with E-state index in [9.17, 15) is 0 Å². The van der Waals surface area contributed by atoms with Gasteiger partial charge in [-0.3, -0.25) is 4.99 Å². The summed E-state index contributed by atoms with van der Waals surface area (Å²) in [6, 6.07) is 8.46. The Morgan fingerprint density at radius 3 is 2.43 bits per heavy atom. The minimum absolute atomic E-state index is 0.320. The van der Waals surface area contributed by atoms with Gasteiger partial charge in [-0.1, -0.05) is 24.3 Å². The summed E-state index contributed by atoms with van der Waals surface area (Å²) in [4.78, 5) is 8.61. The molecule has 0 saturated carbocycles. The van der Waals surface area contributed by atoms with Crippen LogP contribution in [0.4, 0.5) is 0 Å². The van der Waals surface area contributed by atoms with Gasteiger partial charge in [0, 0.05) is 26.8 Å². The molecule has 0 unspecified atom stereocenters. The van der Waals surface area contributed by atoms with Gasteiger partial charge in [-0.15, -0.1) is 0 Å². The SMILES string of the molecule is CN=C(NCc1ccc(COC2CCOCC2)cc1)NCc1nc(C)c(C)o1. The Morgan fingerprint density at radius 1 is 1.11 bits per heavy atom. The van der Waals surface area contributed by atoms with E-state index >= 15 is 0 Å². The number of oxazole rings is 1. The molecule has 3 rings (SSSR count). The van der Waals surface area contributed by atoms with Crippen LogP contribution in [0.5, 0.6) is 0 Å². The minimum Gasteiger partial charge on any atom is -0.444 e. The largest absolute Gasteiger partial charge is 0.444 e. The van der Waals surface area contributed by atoms with Crippen LogP contribution in [0.2, 0.25) is 0 Å². The van der Waals surface area contributed by atoms with Crippen molar-refractivity contribution in [3.8, 4) is 0 Å². The van der Waals surface area contributed by atoms with Crippen molar-refractivity contribution in [3.63, 3.8) is 0 Å². The Labute approximate surface area is 166 Å². The number of nitrogens with one attached hydrogen (secondary N) is 2. The molecule has 1 aromatic heterocycles. The van der Waals surface area contributed by atoms with Gasteiger partial charge in [0.25, 0.3) is 0 Å². The number of hydrogen-bond donors (Lipinski definition) is 2. The third-order valence-electron chi connectivity index (χ3n) is 4.84. The fourth-order valence-corrected chi connectivity index (χ4v) is 2.99. The topological polar surface area (TPSA) is 80.9 Å². The molecule has 2 heterocycles. The molecular weight excluding hydrogens is 356 g/mol. The Morgan fingerprint density at radius 2 is 1.79 bits per heavy atom. The average molecular weight is 386 g/mol. The number of aryl methyl sites for hydroxylation is 2. The lowest BCUT2D eigenvalue weighted by Crippen LogP contribution is -2.36. The first-order valence-electron chi connectivity index (χ1n) is 9.78. The number of benzene rings is 1. The Bertz CT molecular complexity index is 745. The molecule has 7 nitrogen and oxygen atoms in total. The van der Waals surface area contributed by atoms with E-state index in [4.69, 9.17) is 13.9 Å². The van der Waals surface area contributed by atoms with Crippen molar-refractivity contribution in [1.82, 2.24) is 15.6 Å². The maximum atomic E-state index is 5.97. The third kappa shape index (κ3) is 6.07. The van der Waals surface area contributed by atoms with Crippen molar-refractivity contribution in [2.24, 2.45) is 4.99 Å². The Kier molecular flexibility index (Phi) is 7.45. The van der Waals surface area contributed by atoms with Crippen molar-refractivity contribution in [1.29, 1.82) is 0 Å². The van der Waals surface area contributed by atoms with Gasteiger partial charge in [0.2, 0.25) is 5.89 Å². The molecule has 0 atom stereocenters. The van der Waals surface area contributed by atoms with Crippen molar-refractivity contribution in [3.05, 3.63) is 52.7 Å². The van der Waals surface area contributed by atoms with Crippen LogP contribution in [0.15, 0.2) is 33.7 Å². The van der Waals surface area contributed by atoms with Crippen LogP contribution in [0.25, 0.3) is 0 Å². The molecule has 0 bridgehead atoms. The second-order valence-electron chi connectivity index (χ2n) is 6.97. The fraction of sp³-hybridized carbons (Fsp3) is 0.524. The van der Waals surface area contributed by atoms with E-state index in [0.29, 0.717) is 37.7 Å². The molecule has 0 amide bonds. The highest BCUT2D eigenvalue weighted by molar-refractivity contribution is 5.79. The van der Waals surface area contributed by atoms with E-state index < -0.39 is 0 Å². The highest BCUT2D eigenvalue weighted by Gasteiger charge is 2.14. The van der Waals surface area contributed by atoms with Crippen LogP contribution in [0, 0.1) is 13.8 Å². The summed E-state index contributed by atoms with van der Waals surface area (Å²) in [6.07, 6.45) is 2.29. The molecule has 2 aromatic rings. The standard InChI is InChI=1S/C21H30N4O3/c1-15-16(2)28-20(25-15)13-24-21(22-3)23-12-17-4-6-18(7-5-17)14-27-19-8-10-26-11-9-19/h4-7,19H,8-14H2,1-3H3,(H2,22,23,24). The summed E-state index contributed by atoms with van der Waals surface area (Å²) in [6.45, 7) is 7.29. The minimum atomic E-state index is 0.320. The van der Waals surface area contributed by atoms with Gasteiger partial charge in [-0.2, -0.15) is 0 Å². The van der Waals surface area contributed by atoms with Crippen LogP contribution >= 0.6 is 0 Å². The number of ether oxygens (including phenoxy) is 2. The van der Waals surface area contributed by atoms with Crippen molar-refractivity contribution in [2.45, 2.75) is 52.5 Å². The van der Waals surface area contributed by atoms with E-state index in [-0.39, 0.29) is 0 Å². The predicted molar refractivity (Wildman–Crippen MR) is 108 cm³/mol. The van der Waals surface area contributed by atoms with Crippen molar-refractivity contribution < 1.29 is 13.9 Å². The second kappa shape index (κ2) is 10.2. The molecule has 1 aromatic carbocycles. The van der Waals surface area contributed by atoms with Crippen LogP contribution < -0.4 is 10.6 Å². The number of guanidine groups is 1. The summed E-state index contributed by atoms with van der Waals surface area (Å²) in [5, 5.41) is 6.52. The second-order valence-corrected chi connectivity index (χ2v) is 6.97. The maximum absolute atomic E-state index is 5.97. The fourth-order valence-electron chi connectivity index (χ4n) is 2.99. The zero-order valence-electron chi connectivity index (χ0n) is 17.0. The van der Waals surface area contributed by atoms with Crippen LogP contribution in [-0.4, -0.2) is 37.3 Å². The van der Waals surface area contributed by atoms with Crippen LogP contribution in [0.3, 0.4) is 0 Å². The summed E-state index contributed by atoms with van der Waals surface area (Å²) in [5.41, 5.74) is 3.29. The molecule has 152 valence electrons. The molecule has 1 saturated heterocycles. The Balaban J connectivity index is 1.41. The summed E-state index contributed by atoms with van der Waals surface area (Å²) >= 11 is 0. The lowest BCUT2D eigenvalue weighted by molar-refractivity contribution is -0.0390. The molecule has 7 heteroatoms. The van der Waals surface area contributed by atoms with Gasteiger partial charge in [0.1, 0.15) is 5.76 Å². The molecule has 0 radical (unpaired) electrons. The molecule has 0 spiro atoms. The van der Waals surface area contributed by atoms with Gasteiger partial charge in [0.05, 0.1) is 24.9 Å². The number of aliphatic imine (C=N–C) groups is 1. The van der Waals surface area contributed by atoms with Gasteiger partial charge in [-0.25, -0.2) is 4.98 Å². The first-order chi connectivity index (χ1) is 13.6. The monoisotopic (exact) mass is 386 g/mol. The molecule has 1 aliphatic heterocycles. The van der Waals surface area contributed by atoms with Gasteiger partial charge >= 0.3 is 0 Å². The van der Waals surface area contributed by atoms with E-state index in [0.717, 1.165) is 37.5 Å². The number of rotatable bonds is 7. The van der Waals surface area contributed by atoms with Gasteiger partial charge in [-0.05, 0) is 37.8 Å². The zero-order valence-corrected chi connectivity index (χ0v) is 17.0. The molecule has 0 aliphatic carbocycles. The van der Waals surface area contributed by atoms with Crippen molar-refractivity contribution >= 4 is 5.96 Å². The first kappa shape index (κ1) is 20.4. The predicted octanol–water partition coefficient (Wildman–Crippen LogP) is 2.85. The Hall–Kier alpha value is -2.38. The molecule has 28 heavy (non-hydrogen) atoms. The van der Waals surface area contributed by atoms with E-state index in [1.165, 1.54) is 11.1 Å². The molecule has 1 fully saturated rings. The maximum Gasteiger partial charge on any atom is 0.214 e. The molecule has 1 aliphatic rings. The third-order valence-corrected chi connectivity index (χ3v) is 4.84. The molecule has 2 N–H and O–H groups in total. The normalized spacial score (nSPS) is 15.6. The van der Waals surface area contributed by atoms with E-state index in [1.54, 1.807) is 7.05 Å². The number of nitrogens with zero attached hydrogens (tertiary/aromatic N) is 2. The lowest BCUT2D eigenvalue weighted by atomic mass is 10.1. The average Bonchev–Trinajstić information content (AvgIpc) is 3.05. The first-order valence-corrected chi connectivity index (χ1v) is 9.78. The summed E-state index contributed by atoms with van der Waals surface area (Å²) in [5.74, 6) is 2.22.